The van der Waals surface area contributed by atoms with Crippen LogP contribution in [-0.4, -0.2) is 13.7 Å². The van der Waals surface area contributed by atoms with E-state index in [0.717, 1.165) is 23.9 Å². The molecule has 0 aliphatic carbocycles. The second-order valence-electron chi connectivity index (χ2n) is 2.91. The van der Waals surface area contributed by atoms with Crippen LogP contribution in [0, 0.1) is 0 Å². The van der Waals surface area contributed by atoms with Crippen LogP contribution in [0.2, 0.25) is 0 Å². The van der Waals surface area contributed by atoms with Crippen molar-refractivity contribution in [1.82, 2.24) is 0 Å². The summed E-state index contributed by atoms with van der Waals surface area (Å²) >= 11 is 5.12. The lowest BCUT2D eigenvalue weighted by molar-refractivity contribution is 0.190. The summed E-state index contributed by atoms with van der Waals surface area (Å²) in [6.07, 6.45) is 2.01. The van der Waals surface area contributed by atoms with E-state index in [1.54, 1.807) is 18.4 Å². The topological polar surface area (TPSA) is 35.2 Å². The number of rotatable bonds is 5. The maximum atomic E-state index is 5.98. The van der Waals surface area contributed by atoms with Crippen LogP contribution >= 0.6 is 27.3 Å². The average Bonchev–Trinajstić information content (AvgIpc) is 2.52. The van der Waals surface area contributed by atoms with Crippen LogP contribution in [0.5, 0.6) is 0 Å². The van der Waals surface area contributed by atoms with Crippen molar-refractivity contribution in [2.75, 3.05) is 13.7 Å². The van der Waals surface area contributed by atoms with Gasteiger partial charge in [0.05, 0.1) is 0 Å². The number of hydrogen-bond acceptors (Lipinski definition) is 3. The van der Waals surface area contributed by atoms with Crippen molar-refractivity contribution in [3.63, 3.8) is 0 Å². The highest BCUT2D eigenvalue weighted by molar-refractivity contribution is 9.10. The fourth-order valence-electron chi connectivity index (χ4n) is 1.11. The van der Waals surface area contributed by atoms with Gasteiger partial charge in [0.2, 0.25) is 0 Å². The smallest absolute Gasteiger partial charge is 0.0462 e. The highest BCUT2D eigenvalue weighted by Gasteiger charge is 2.07. The van der Waals surface area contributed by atoms with E-state index in [0.29, 0.717) is 0 Å². The third-order valence-corrected chi connectivity index (χ3v) is 3.64. The van der Waals surface area contributed by atoms with Crippen molar-refractivity contribution >= 4 is 27.3 Å². The molecular formula is C9H14BrNOS. The van der Waals surface area contributed by atoms with Crippen molar-refractivity contribution < 1.29 is 4.74 Å². The number of thiophene rings is 1. The van der Waals surface area contributed by atoms with Crippen molar-refractivity contribution in [1.29, 1.82) is 0 Å². The zero-order valence-electron chi connectivity index (χ0n) is 7.63. The van der Waals surface area contributed by atoms with Gasteiger partial charge in [0.25, 0.3) is 0 Å². The lowest BCUT2D eigenvalue weighted by Gasteiger charge is -2.07. The largest absolute Gasteiger partial charge is 0.385 e. The van der Waals surface area contributed by atoms with Crippen molar-refractivity contribution in [2.45, 2.75) is 18.9 Å². The van der Waals surface area contributed by atoms with E-state index >= 15 is 0 Å². The summed E-state index contributed by atoms with van der Waals surface area (Å²) in [5.41, 5.74) is 5.98. The normalized spacial score (nSPS) is 13.2. The van der Waals surface area contributed by atoms with Gasteiger partial charge in [-0.3, -0.25) is 0 Å². The quantitative estimate of drug-likeness (QED) is 0.830. The molecule has 0 fully saturated rings. The van der Waals surface area contributed by atoms with Gasteiger partial charge in [0, 0.05) is 34.5 Å². The van der Waals surface area contributed by atoms with Crippen LogP contribution in [0.3, 0.4) is 0 Å². The summed E-state index contributed by atoms with van der Waals surface area (Å²) in [5, 5.41) is 2.06. The summed E-state index contributed by atoms with van der Waals surface area (Å²) < 4.78 is 6.09. The molecule has 1 rings (SSSR count). The molecular weight excluding hydrogens is 250 g/mol. The maximum Gasteiger partial charge on any atom is 0.0462 e. The lowest BCUT2D eigenvalue weighted by Crippen LogP contribution is -2.09. The fourth-order valence-corrected chi connectivity index (χ4v) is 2.60. The first-order chi connectivity index (χ1) is 6.24. The lowest BCUT2D eigenvalue weighted by atomic mass is 10.1. The third-order valence-electron chi connectivity index (χ3n) is 1.82. The molecule has 1 aromatic rings. The van der Waals surface area contributed by atoms with Crippen LogP contribution in [0.25, 0.3) is 0 Å². The molecule has 13 heavy (non-hydrogen) atoms. The minimum atomic E-state index is 0.159. The average molecular weight is 264 g/mol. The Bertz CT molecular complexity index is 252. The van der Waals surface area contributed by atoms with E-state index in [-0.39, 0.29) is 6.04 Å². The summed E-state index contributed by atoms with van der Waals surface area (Å²) in [6, 6.07) is 2.24. The van der Waals surface area contributed by atoms with Gasteiger partial charge in [-0.25, -0.2) is 0 Å². The predicted octanol–water partition coefficient (Wildman–Crippen LogP) is 2.94. The van der Waals surface area contributed by atoms with Gasteiger partial charge >= 0.3 is 0 Å². The molecule has 2 nitrogen and oxygen atoms in total. The second kappa shape index (κ2) is 5.75. The minimum absolute atomic E-state index is 0.159. The molecule has 0 radical (unpaired) electrons. The minimum Gasteiger partial charge on any atom is -0.385 e. The summed E-state index contributed by atoms with van der Waals surface area (Å²) in [7, 11) is 1.72. The van der Waals surface area contributed by atoms with E-state index in [9.17, 15) is 0 Å². The number of ether oxygens (including phenoxy) is 1. The van der Waals surface area contributed by atoms with E-state index in [2.05, 4.69) is 27.4 Å². The Morgan fingerprint density at radius 2 is 2.46 bits per heavy atom. The zero-order chi connectivity index (χ0) is 9.68. The molecule has 1 unspecified atom stereocenters. The Morgan fingerprint density at radius 1 is 1.69 bits per heavy atom. The van der Waals surface area contributed by atoms with Crippen molar-refractivity contribution in [3.8, 4) is 0 Å². The van der Waals surface area contributed by atoms with Gasteiger partial charge in [0.15, 0.2) is 0 Å². The Balaban J connectivity index is 2.35. The molecule has 4 heteroatoms. The molecule has 0 amide bonds. The molecule has 1 atom stereocenters. The SMILES string of the molecule is COCCCC(N)c1cc(Br)cs1. The van der Waals surface area contributed by atoms with Crippen molar-refractivity contribution in [2.24, 2.45) is 5.73 Å². The van der Waals surface area contributed by atoms with E-state index in [4.69, 9.17) is 10.5 Å². The van der Waals surface area contributed by atoms with Gasteiger partial charge in [-0.15, -0.1) is 11.3 Å². The zero-order valence-corrected chi connectivity index (χ0v) is 10.0. The number of hydrogen-bond donors (Lipinski definition) is 1. The molecule has 1 aromatic heterocycles. The number of nitrogens with two attached hydrogens (primary N) is 1. The van der Waals surface area contributed by atoms with Gasteiger partial charge in [-0.2, -0.15) is 0 Å². The molecule has 0 aliphatic rings. The molecule has 0 saturated heterocycles. The molecule has 1 heterocycles. The first kappa shape index (κ1) is 11.2. The van der Waals surface area contributed by atoms with Crippen LogP contribution in [-0.2, 0) is 4.74 Å². The molecule has 0 bridgehead atoms. The van der Waals surface area contributed by atoms with Gasteiger partial charge < -0.3 is 10.5 Å². The van der Waals surface area contributed by atoms with E-state index in [1.165, 1.54) is 4.88 Å². The second-order valence-corrected chi connectivity index (χ2v) is 4.77. The van der Waals surface area contributed by atoms with Crippen molar-refractivity contribution in [3.05, 3.63) is 20.8 Å². The summed E-state index contributed by atoms with van der Waals surface area (Å²) in [4.78, 5) is 1.24. The predicted molar refractivity (Wildman–Crippen MR) is 60.1 cm³/mol. The fraction of sp³-hybridized carbons (Fsp3) is 0.556. The number of halogens is 1. The van der Waals surface area contributed by atoms with Crippen LogP contribution in [0.1, 0.15) is 23.8 Å². The standard InChI is InChI=1S/C9H14BrNOS/c1-12-4-2-3-8(11)9-5-7(10)6-13-9/h5-6,8H,2-4,11H2,1H3. The molecule has 74 valence electrons. The van der Waals surface area contributed by atoms with Gasteiger partial charge in [-0.05, 0) is 34.8 Å². The van der Waals surface area contributed by atoms with E-state index in [1.807, 2.05) is 0 Å². The van der Waals surface area contributed by atoms with Crippen LogP contribution in [0.15, 0.2) is 15.9 Å². The molecule has 2 N–H and O–H groups in total. The van der Waals surface area contributed by atoms with E-state index < -0.39 is 0 Å². The molecule has 0 aromatic carbocycles. The van der Waals surface area contributed by atoms with Gasteiger partial charge in [0.1, 0.15) is 0 Å². The summed E-state index contributed by atoms with van der Waals surface area (Å²) in [5.74, 6) is 0. The van der Waals surface area contributed by atoms with Gasteiger partial charge in [-0.1, -0.05) is 0 Å². The summed E-state index contributed by atoms with van der Waals surface area (Å²) in [6.45, 7) is 0.792. The Labute approximate surface area is 91.2 Å². The maximum absolute atomic E-state index is 5.98. The van der Waals surface area contributed by atoms with Crippen LogP contribution < -0.4 is 5.73 Å². The Kier molecular flexibility index (Phi) is 4.94. The number of methoxy groups -OCH3 is 1. The molecule has 0 saturated carbocycles. The van der Waals surface area contributed by atoms with Crippen LogP contribution in [0.4, 0.5) is 0 Å². The molecule has 0 spiro atoms. The Hall–Kier alpha value is 0.1000. The monoisotopic (exact) mass is 263 g/mol. The highest BCUT2D eigenvalue weighted by atomic mass is 79.9. The Morgan fingerprint density at radius 3 is 3.00 bits per heavy atom. The highest BCUT2D eigenvalue weighted by Crippen LogP contribution is 2.26. The first-order valence-electron chi connectivity index (χ1n) is 4.22. The first-order valence-corrected chi connectivity index (χ1v) is 5.89. The third kappa shape index (κ3) is 3.77. The molecule has 0 aliphatic heterocycles.